The first kappa shape index (κ1) is 16.9. The van der Waals surface area contributed by atoms with Crippen molar-refractivity contribution in [2.75, 3.05) is 12.4 Å². The van der Waals surface area contributed by atoms with Crippen LogP contribution >= 0.6 is 0 Å². The van der Waals surface area contributed by atoms with E-state index in [1.54, 1.807) is 13.3 Å². The standard InChI is InChI=1S/C23H20N2O2/c1-27-18-13-11-17(12-14-18)25-22(16-7-3-2-4-8-16)23(26)20-15-24-21-10-6-5-9-19(20)21/h2-15,22,24-25H,1H3/t22-/m1/s1. The fraction of sp³-hybridized carbons (Fsp3) is 0.0870. The van der Waals surface area contributed by atoms with Gasteiger partial charge >= 0.3 is 0 Å². The summed E-state index contributed by atoms with van der Waals surface area (Å²) in [7, 11) is 1.63. The molecule has 1 atom stereocenters. The lowest BCUT2D eigenvalue weighted by molar-refractivity contribution is 0.0971. The largest absolute Gasteiger partial charge is 0.497 e. The first-order valence-electron chi connectivity index (χ1n) is 8.82. The Morgan fingerprint density at radius 3 is 2.37 bits per heavy atom. The Morgan fingerprint density at radius 2 is 1.63 bits per heavy atom. The van der Waals surface area contributed by atoms with E-state index in [9.17, 15) is 4.79 Å². The minimum Gasteiger partial charge on any atom is -0.497 e. The smallest absolute Gasteiger partial charge is 0.191 e. The van der Waals surface area contributed by atoms with Crippen molar-refractivity contribution in [2.24, 2.45) is 0 Å². The van der Waals surface area contributed by atoms with Crippen molar-refractivity contribution >= 4 is 22.4 Å². The van der Waals surface area contributed by atoms with E-state index in [2.05, 4.69) is 10.3 Å². The zero-order chi connectivity index (χ0) is 18.6. The van der Waals surface area contributed by atoms with Gasteiger partial charge in [-0.15, -0.1) is 0 Å². The number of rotatable bonds is 6. The van der Waals surface area contributed by atoms with E-state index in [1.807, 2.05) is 78.9 Å². The summed E-state index contributed by atoms with van der Waals surface area (Å²) in [6, 6.07) is 24.7. The first-order chi connectivity index (χ1) is 13.3. The van der Waals surface area contributed by atoms with Crippen molar-refractivity contribution in [2.45, 2.75) is 6.04 Å². The molecule has 2 N–H and O–H groups in total. The molecule has 0 spiro atoms. The number of benzene rings is 3. The third-order valence-corrected chi connectivity index (χ3v) is 4.65. The second-order valence-corrected chi connectivity index (χ2v) is 6.33. The molecule has 3 aromatic carbocycles. The number of aromatic amines is 1. The second kappa shape index (κ2) is 7.38. The van der Waals surface area contributed by atoms with Crippen LogP contribution in [0.3, 0.4) is 0 Å². The number of hydrogen-bond donors (Lipinski definition) is 2. The van der Waals surface area contributed by atoms with Gasteiger partial charge in [0.15, 0.2) is 5.78 Å². The maximum Gasteiger partial charge on any atom is 0.191 e. The summed E-state index contributed by atoms with van der Waals surface area (Å²) in [5.74, 6) is 0.800. The molecule has 4 heteroatoms. The zero-order valence-corrected chi connectivity index (χ0v) is 15.0. The normalized spacial score (nSPS) is 11.9. The van der Waals surface area contributed by atoms with Gasteiger partial charge in [-0.2, -0.15) is 0 Å². The number of hydrogen-bond acceptors (Lipinski definition) is 3. The van der Waals surface area contributed by atoms with Crippen molar-refractivity contribution < 1.29 is 9.53 Å². The molecule has 0 aliphatic rings. The highest BCUT2D eigenvalue weighted by atomic mass is 16.5. The predicted octanol–water partition coefficient (Wildman–Crippen LogP) is 5.21. The highest BCUT2D eigenvalue weighted by Gasteiger charge is 2.24. The van der Waals surface area contributed by atoms with Gasteiger partial charge in [0.05, 0.1) is 7.11 Å². The SMILES string of the molecule is COc1ccc(N[C@@H](C(=O)c2c[nH]c3ccccc23)c2ccccc2)cc1. The van der Waals surface area contributed by atoms with Crippen LogP contribution in [0.25, 0.3) is 10.9 Å². The van der Waals surface area contributed by atoms with Gasteiger partial charge in [-0.25, -0.2) is 0 Å². The van der Waals surface area contributed by atoms with Crippen LogP contribution in [-0.4, -0.2) is 17.9 Å². The maximum absolute atomic E-state index is 13.4. The van der Waals surface area contributed by atoms with E-state index >= 15 is 0 Å². The number of H-pyrrole nitrogens is 1. The summed E-state index contributed by atoms with van der Waals surface area (Å²) in [6.45, 7) is 0. The molecule has 0 unspecified atom stereocenters. The van der Waals surface area contributed by atoms with Crippen LogP contribution in [0.2, 0.25) is 0 Å². The summed E-state index contributed by atoms with van der Waals surface area (Å²) in [5.41, 5.74) is 3.42. The van der Waals surface area contributed by atoms with E-state index in [1.165, 1.54) is 0 Å². The average molecular weight is 356 g/mol. The average Bonchev–Trinajstić information content (AvgIpc) is 3.17. The van der Waals surface area contributed by atoms with Gasteiger partial charge in [0.25, 0.3) is 0 Å². The summed E-state index contributed by atoms with van der Waals surface area (Å²) >= 11 is 0. The molecule has 0 aliphatic carbocycles. The lowest BCUT2D eigenvalue weighted by Gasteiger charge is -2.19. The van der Waals surface area contributed by atoms with Gasteiger partial charge in [-0.1, -0.05) is 48.5 Å². The molecule has 27 heavy (non-hydrogen) atoms. The second-order valence-electron chi connectivity index (χ2n) is 6.33. The number of methoxy groups -OCH3 is 1. The number of ketones is 1. The summed E-state index contributed by atoms with van der Waals surface area (Å²) in [4.78, 5) is 16.6. The van der Waals surface area contributed by atoms with Gasteiger partial charge < -0.3 is 15.0 Å². The number of Topliss-reactive ketones (excluding diaryl/α,β-unsaturated/α-hetero) is 1. The third kappa shape index (κ3) is 3.42. The number of carbonyl (C=O) groups is 1. The maximum atomic E-state index is 13.4. The van der Waals surface area contributed by atoms with Crippen LogP contribution in [0.15, 0.2) is 85.1 Å². The van der Waals surface area contributed by atoms with Gasteiger partial charge in [0.1, 0.15) is 11.8 Å². The van der Waals surface area contributed by atoms with Crippen molar-refractivity contribution in [3.63, 3.8) is 0 Å². The Balaban J connectivity index is 1.72. The molecule has 0 amide bonds. The quantitative estimate of drug-likeness (QED) is 0.466. The number of carbonyl (C=O) groups excluding carboxylic acids is 1. The molecule has 0 fully saturated rings. The van der Waals surface area contributed by atoms with Crippen molar-refractivity contribution in [1.29, 1.82) is 0 Å². The molecule has 0 radical (unpaired) electrons. The molecule has 0 saturated heterocycles. The lowest BCUT2D eigenvalue weighted by Crippen LogP contribution is -2.21. The highest BCUT2D eigenvalue weighted by molar-refractivity contribution is 6.11. The Bertz CT molecular complexity index is 1050. The Labute approximate surface area is 157 Å². The van der Waals surface area contributed by atoms with Crippen LogP contribution in [0.5, 0.6) is 5.75 Å². The lowest BCUT2D eigenvalue weighted by atomic mass is 9.96. The van der Waals surface area contributed by atoms with E-state index in [0.29, 0.717) is 5.56 Å². The number of fused-ring (bicyclic) bond motifs is 1. The highest BCUT2D eigenvalue weighted by Crippen LogP contribution is 2.28. The topological polar surface area (TPSA) is 54.1 Å². The molecule has 4 nitrogen and oxygen atoms in total. The molecule has 4 aromatic rings. The molecule has 4 rings (SSSR count). The first-order valence-corrected chi connectivity index (χ1v) is 8.82. The molecule has 1 heterocycles. The number of para-hydroxylation sites is 1. The minimum atomic E-state index is -0.487. The van der Waals surface area contributed by atoms with Gasteiger partial charge in [0.2, 0.25) is 0 Å². The van der Waals surface area contributed by atoms with Crippen molar-refractivity contribution in [3.05, 3.63) is 96.2 Å². The van der Waals surface area contributed by atoms with Gasteiger partial charge in [-0.05, 0) is 35.9 Å². The van der Waals surface area contributed by atoms with Crippen molar-refractivity contribution in [3.8, 4) is 5.75 Å². The number of aromatic nitrogens is 1. The van der Waals surface area contributed by atoms with Crippen molar-refractivity contribution in [1.82, 2.24) is 4.98 Å². The predicted molar refractivity (Wildman–Crippen MR) is 108 cm³/mol. The third-order valence-electron chi connectivity index (χ3n) is 4.65. The monoisotopic (exact) mass is 356 g/mol. The molecule has 1 aromatic heterocycles. The molecular weight excluding hydrogens is 336 g/mol. The molecule has 0 aliphatic heterocycles. The van der Waals surface area contributed by atoms with E-state index in [-0.39, 0.29) is 5.78 Å². The summed E-state index contributed by atoms with van der Waals surface area (Å²) in [6.07, 6.45) is 1.79. The molecule has 134 valence electrons. The van der Waals surface area contributed by atoms with E-state index in [4.69, 9.17) is 4.74 Å². The Kier molecular flexibility index (Phi) is 4.62. The minimum absolute atomic E-state index is 0.0227. The van der Waals surface area contributed by atoms with Crippen LogP contribution < -0.4 is 10.1 Å². The fourth-order valence-corrected chi connectivity index (χ4v) is 3.23. The van der Waals surface area contributed by atoms with E-state index < -0.39 is 6.04 Å². The fourth-order valence-electron chi connectivity index (χ4n) is 3.23. The van der Waals surface area contributed by atoms with E-state index in [0.717, 1.165) is 27.9 Å². The van der Waals surface area contributed by atoms with Gasteiger partial charge in [-0.3, -0.25) is 4.79 Å². The van der Waals surface area contributed by atoms with Crippen LogP contribution in [0.1, 0.15) is 22.0 Å². The Morgan fingerprint density at radius 1 is 0.926 bits per heavy atom. The summed E-state index contributed by atoms with van der Waals surface area (Å²) in [5, 5.41) is 4.31. The van der Waals surface area contributed by atoms with Crippen LogP contribution in [0.4, 0.5) is 5.69 Å². The number of nitrogens with one attached hydrogen (secondary N) is 2. The Hall–Kier alpha value is -3.53. The number of anilines is 1. The molecular formula is C23H20N2O2. The van der Waals surface area contributed by atoms with Crippen LogP contribution in [0, 0.1) is 0 Å². The van der Waals surface area contributed by atoms with Gasteiger partial charge in [0, 0.05) is 28.4 Å². The van der Waals surface area contributed by atoms with Crippen LogP contribution in [-0.2, 0) is 0 Å². The summed E-state index contributed by atoms with van der Waals surface area (Å²) < 4.78 is 5.21. The molecule has 0 bridgehead atoms. The number of ether oxygens (including phenoxy) is 1. The molecule has 0 saturated carbocycles. The zero-order valence-electron chi connectivity index (χ0n) is 15.0.